The molecule has 1 aromatic carbocycles. The third kappa shape index (κ3) is 2.67. The van der Waals surface area contributed by atoms with Crippen LogP contribution in [0.1, 0.15) is 42.1 Å². The summed E-state index contributed by atoms with van der Waals surface area (Å²) in [7, 11) is 3.20. The summed E-state index contributed by atoms with van der Waals surface area (Å²) in [4.78, 5) is 12.0. The SMILES string of the molecule is COc1cc2c(cc1OC)C(CC(C)C)CNC2=O. The molecule has 1 aliphatic rings. The number of rotatable bonds is 4. The lowest BCUT2D eigenvalue weighted by molar-refractivity contribution is 0.0937. The zero-order valence-electron chi connectivity index (χ0n) is 11.9. The van der Waals surface area contributed by atoms with Gasteiger partial charge >= 0.3 is 0 Å². The quantitative estimate of drug-likeness (QED) is 0.908. The standard InChI is InChI=1S/C15H21NO3/c1-9(2)5-10-8-16-15(17)12-7-14(19-4)13(18-3)6-11(10)12/h6-7,9-10H,5,8H2,1-4H3,(H,16,17). The molecule has 104 valence electrons. The Kier molecular flexibility index (Phi) is 3.98. The van der Waals surface area contributed by atoms with Crippen molar-refractivity contribution in [3.8, 4) is 11.5 Å². The summed E-state index contributed by atoms with van der Waals surface area (Å²) in [6, 6.07) is 3.72. The molecule has 1 unspecified atom stereocenters. The molecule has 0 radical (unpaired) electrons. The molecule has 0 aromatic heterocycles. The second kappa shape index (κ2) is 5.51. The lowest BCUT2D eigenvalue weighted by Crippen LogP contribution is -2.35. The Balaban J connectivity index is 2.47. The molecule has 1 aromatic rings. The van der Waals surface area contributed by atoms with Gasteiger partial charge in [0.05, 0.1) is 14.2 Å². The summed E-state index contributed by atoms with van der Waals surface area (Å²) in [6.45, 7) is 5.08. The van der Waals surface area contributed by atoms with Crippen molar-refractivity contribution in [3.63, 3.8) is 0 Å². The Morgan fingerprint density at radius 2 is 1.89 bits per heavy atom. The number of fused-ring (bicyclic) bond motifs is 1. The van der Waals surface area contributed by atoms with Gasteiger partial charge in [-0.15, -0.1) is 0 Å². The van der Waals surface area contributed by atoms with Crippen LogP contribution in [0.4, 0.5) is 0 Å². The summed E-state index contributed by atoms with van der Waals surface area (Å²) in [5.41, 5.74) is 1.77. The fourth-order valence-corrected chi connectivity index (χ4v) is 2.63. The van der Waals surface area contributed by atoms with Gasteiger partial charge in [-0.1, -0.05) is 13.8 Å². The Labute approximate surface area is 114 Å². The Bertz CT molecular complexity index is 483. The Morgan fingerprint density at radius 3 is 2.47 bits per heavy atom. The molecule has 0 fully saturated rings. The largest absolute Gasteiger partial charge is 0.493 e. The summed E-state index contributed by atoms with van der Waals surface area (Å²) in [5.74, 6) is 2.18. The van der Waals surface area contributed by atoms with E-state index in [-0.39, 0.29) is 5.91 Å². The molecule has 4 heteroatoms. The topological polar surface area (TPSA) is 47.6 Å². The van der Waals surface area contributed by atoms with Crippen LogP contribution in [0.2, 0.25) is 0 Å². The predicted octanol–water partition coefficient (Wildman–Crippen LogP) is 2.58. The average molecular weight is 263 g/mol. The Morgan fingerprint density at radius 1 is 1.26 bits per heavy atom. The molecule has 0 aliphatic carbocycles. The van der Waals surface area contributed by atoms with Crippen LogP contribution in [0.25, 0.3) is 0 Å². The average Bonchev–Trinajstić information content (AvgIpc) is 2.40. The van der Waals surface area contributed by atoms with E-state index in [0.717, 1.165) is 12.0 Å². The van der Waals surface area contributed by atoms with Gasteiger partial charge in [0.1, 0.15) is 0 Å². The highest BCUT2D eigenvalue weighted by Gasteiger charge is 2.27. The molecule has 0 saturated carbocycles. The number of ether oxygens (including phenoxy) is 2. The maximum atomic E-state index is 12.0. The minimum Gasteiger partial charge on any atom is -0.493 e. The van der Waals surface area contributed by atoms with E-state index in [1.54, 1.807) is 20.3 Å². The van der Waals surface area contributed by atoms with E-state index in [0.29, 0.717) is 35.4 Å². The highest BCUT2D eigenvalue weighted by Crippen LogP contribution is 2.37. The van der Waals surface area contributed by atoms with Gasteiger partial charge in [0, 0.05) is 18.0 Å². The summed E-state index contributed by atoms with van der Waals surface area (Å²) < 4.78 is 10.6. The van der Waals surface area contributed by atoms with Crippen molar-refractivity contribution in [2.75, 3.05) is 20.8 Å². The van der Waals surface area contributed by atoms with Crippen LogP contribution < -0.4 is 14.8 Å². The van der Waals surface area contributed by atoms with Crippen LogP contribution in [-0.4, -0.2) is 26.7 Å². The molecule has 0 spiro atoms. The minimum atomic E-state index is -0.0315. The van der Waals surface area contributed by atoms with Crippen LogP contribution in [0, 0.1) is 5.92 Å². The van der Waals surface area contributed by atoms with E-state index in [9.17, 15) is 4.79 Å². The number of benzene rings is 1. The third-order valence-electron chi connectivity index (χ3n) is 3.51. The lowest BCUT2D eigenvalue weighted by Gasteiger charge is -2.28. The highest BCUT2D eigenvalue weighted by molar-refractivity contribution is 5.97. The molecular formula is C15H21NO3. The second-order valence-electron chi connectivity index (χ2n) is 5.33. The van der Waals surface area contributed by atoms with Crippen molar-refractivity contribution >= 4 is 5.91 Å². The van der Waals surface area contributed by atoms with Gasteiger partial charge in [-0.3, -0.25) is 4.79 Å². The summed E-state index contributed by atoms with van der Waals surface area (Å²) >= 11 is 0. The van der Waals surface area contributed by atoms with E-state index in [4.69, 9.17) is 9.47 Å². The smallest absolute Gasteiger partial charge is 0.251 e. The van der Waals surface area contributed by atoms with Crippen molar-refractivity contribution in [1.82, 2.24) is 5.32 Å². The molecule has 1 heterocycles. The molecule has 4 nitrogen and oxygen atoms in total. The zero-order valence-corrected chi connectivity index (χ0v) is 11.9. The van der Waals surface area contributed by atoms with Crippen LogP contribution in [-0.2, 0) is 0 Å². The zero-order chi connectivity index (χ0) is 14.0. The first kappa shape index (κ1) is 13.7. The van der Waals surface area contributed by atoms with Gasteiger partial charge in [-0.05, 0) is 30.0 Å². The van der Waals surface area contributed by atoms with Crippen molar-refractivity contribution < 1.29 is 14.3 Å². The summed E-state index contributed by atoms with van der Waals surface area (Å²) in [5, 5.41) is 2.95. The molecule has 1 amide bonds. The monoisotopic (exact) mass is 263 g/mol. The van der Waals surface area contributed by atoms with Gasteiger partial charge in [-0.25, -0.2) is 0 Å². The van der Waals surface area contributed by atoms with Crippen LogP contribution in [0.3, 0.4) is 0 Å². The molecule has 0 saturated heterocycles. The fraction of sp³-hybridized carbons (Fsp3) is 0.533. The number of nitrogens with one attached hydrogen (secondary N) is 1. The van der Waals surface area contributed by atoms with Crippen LogP contribution >= 0.6 is 0 Å². The summed E-state index contributed by atoms with van der Waals surface area (Å²) in [6.07, 6.45) is 1.04. The number of carbonyl (C=O) groups excluding carboxylic acids is 1. The maximum Gasteiger partial charge on any atom is 0.251 e. The lowest BCUT2D eigenvalue weighted by atomic mass is 9.84. The minimum absolute atomic E-state index is 0.0315. The molecule has 0 bridgehead atoms. The second-order valence-corrected chi connectivity index (χ2v) is 5.33. The number of amides is 1. The molecule has 2 rings (SSSR count). The highest BCUT2D eigenvalue weighted by atomic mass is 16.5. The van der Waals surface area contributed by atoms with Gasteiger partial charge in [0.15, 0.2) is 11.5 Å². The van der Waals surface area contributed by atoms with Gasteiger partial charge < -0.3 is 14.8 Å². The van der Waals surface area contributed by atoms with Gasteiger partial charge in [0.25, 0.3) is 5.91 Å². The number of carbonyl (C=O) groups is 1. The van der Waals surface area contributed by atoms with Crippen molar-refractivity contribution in [2.45, 2.75) is 26.2 Å². The van der Waals surface area contributed by atoms with Gasteiger partial charge in [0.2, 0.25) is 0 Å². The van der Waals surface area contributed by atoms with Crippen LogP contribution in [0.5, 0.6) is 11.5 Å². The molecule has 1 N–H and O–H groups in total. The predicted molar refractivity (Wildman–Crippen MR) is 74.1 cm³/mol. The first-order valence-electron chi connectivity index (χ1n) is 6.61. The van der Waals surface area contributed by atoms with E-state index in [1.165, 1.54) is 0 Å². The van der Waals surface area contributed by atoms with E-state index in [1.807, 2.05) is 6.07 Å². The fourth-order valence-electron chi connectivity index (χ4n) is 2.63. The number of hydrogen-bond acceptors (Lipinski definition) is 3. The van der Waals surface area contributed by atoms with Crippen molar-refractivity contribution in [2.24, 2.45) is 5.92 Å². The molecule has 1 atom stereocenters. The first-order valence-corrected chi connectivity index (χ1v) is 6.61. The molecule has 19 heavy (non-hydrogen) atoms. The van der Waals surface area contributed by atoms with Crippen molar-refractivity contribution in [1.29, 1.82) is 0 Å². The molecular weight excluding hydrogens is 242 g/mol. The van der Waals surface area contributed by atoms with Crippen molar-refractivity contribution in [3.05, 3.63) is 23.3 Å². The number of methoxy groups -OCH3 is 2. The maximum absolute atomic E-state index is 12.0. The molecule has 1 aliphatic heterocycles. The van der Waals surface area contributed by atoms with E-state index >= 15 is 0 Å². The van der Waals surface area contributed by atoms with E-state index < -0.39 is 0 Å². The van der Waals surface area contributed by atoms with Crippen LogP contribution in [0.15, 0.2) is 12.1 Å². The van der Waals surface area contributed by atoms with Gasteiger partial charge in [-0.2, -0.15) is 0 Å². The first-order chi connectivity index (χ1) is 9.06. The third-order valence-corrected chi connectivity index (χ3v) is 3.51. The normalized spacial score (nSPS) is 17.9. The Hall–Kier alpha value is -1.71. The number of hydrogen-bond donors (Lipinski definition) is 1. The van der Waals surface area contributed by atoms with E-state index in [2.05, 4.69) is 19.2 Å².